The van der Waals surface area contributed by atoms with Gasteiger partial charge in [0.05, 0.1) is 6.61 Å². The van der Waals surface area contributed by atoms with Gasteiger partial charge in [-0.2, -0.15) is 0 Å². The van der Waals surface area contributed by atoms with Crippen LogP contribution in [0.3, 0.4) is 0 Å². The maximum absolute atomic E-state index is 11.7. The van der Waals surface area contributed by atoms with E-state index < -0.39 is 11.8 Å². The Morgan fingerprint density at radius 3 is 2.65 bits per heavy atom. The molecule has 2 heterocycles. The lowest BCUT2D eigenvalue weighted by Gasteiger charge is -2.32. The number of rotatable bonds is 6. The Morgan fingerprint density at radius 2 is 2.00 bits per heavy atom. The molecular formula is C16H24N4O3. The van der Waals surface area contributed by atoms with E-state index in [0.717, 1.165) is 31.7 Å². The Labute approximate surface area is 136 Å². The molecule has 0 unspecified atom stereocenters. The fourth-order valence-corrected chi connectivity index (χ4v) is 2.57. The molecule has 1 aliphatic heterocycles. The monoisotopic (exact) mass is 320 g/mol. The maximum Gasteiger partial charge on any atom is 0.309 e. The fraction of sp³-hybridized carbons (Fsp3) is 0.562. The van der Waals surface area contributed by atoms with Crippen molar-refractivity contribution in [3.05, 3.63) is 24.4 Å². The zero-order chi connectivity index (χ0) is 16.5. The molecule has 1 saturated heterocycles. The van der Waals surface area contributed by atoms with Gasteiger partial charge in [0, 0.05) is 39.5 Å². The van der Waals surface area contributed by atoms with Gasteiger partial charge >= 0.3 is 11.8 Å². The number of anilines is 1. The first kappa shape index (κ1) is 17.2. The molecule has 7 nitrogen and oxygen atoms in total. The van der Waals surface area contributed by atoms with E-state index >= 15 is 0 Å². The van der Waals surface area contributed by atoms with Gasteiger partial charge in [0.15, 0.2) is 0 Å². The smallest absolute Gasteiger partial charge is 0.309 e. The highest BCUT2D eigenvalue weighted by Gasteiger charge is 2.21. The number of carbonyl (C=O) groups excluding carboxylic acids is 2. The third kappa shape index (κ3) is 5.52. The molecule has 23 heavy (non-hydrogen) atoms. The Morgan fingerprint density at radius 1 is 1.26 bits per heavy atom. The van der Waals surface area contributed by atoms with Crippen molar-refractivity contribution in [3.63, 3.8) is 0 Å². The zero-order valence-corrected chi connectivity index (χ0v) is 13.5. The lowest BCUT2D eigenvalue weighted by molar-refractivity contribution is -0.139. The molecule has 2 rings (SSSR count). The summed E-state index contributed by atoms with van der Waals surface area (Å²) < 4.78 is 4.82. The summed E-state index contributed by atoms with van der Waals surface area (Å²) in [6.45, 7) is 3.10. The van der Waals surface area contributed by atoms with Gasteiger partial charge < -0.3 is 20.3 Å². The second-order valence-electron chi connectivity index (χ2n) is 5.58. The van der Waals surface area contributed by atoms with E-state index in [9.17, 15) is 9.59 Å². The van der Waals surface area contributed by atoms with Crippen molar-refractivity contribution < 1.29 is 14.3 Å². The summed E-state index contributed by atoms with van der Waals surface area (Å²) in [5.41, 5.74) is 0. The number of hydrogen-bond acceptors (Lipinski definition) is 5. The van der Waals surface area contributed by atoms with Crippen LogP contribution in [0.15, 0.2) is 24.4 Å². The van der Waals surface area contributed by atoms with Crippen LogP contribution in [-0.2, 0) is 14.3 Å². The molecule has 2 N–H and O–H groups in total. The first-order valence-electron chi connectivity index (χ1n) is 7.91. The lowest BCUT2D eigenvalue weighted by Crippen LogP contribution is -2.44. The summed E-state index contributed by atoms with van der Waals surface area (Å²) in [7, 11) is 1.55. The third-order valence-electron chi connectivity index (χ3n) is 3.94. The summed E-state index contributed by atoms with van der Waals surface area (Å²) >= 11 is 0. The summed E-state index contributed by atoms with van der Waals surface area (Å²) in [5.74, 6) is 0.208. The van der Waals surface area contributed by atoms with Crippen molar-refractivity contribution >= 4 is 17.6 Å². The summed E-state index contributed by atoms with van der Waals surface area (Å²) in [4.78, 5) is 29.8. The van der Waals surface area contributed by atoms with E-state index in [-0.39, 0.29) is 0 Å². The van der Waals surface area contributed by atoms with E-state index in [2.05, 4.69) is 20.5 Å². The number of nitrogens with zero attached hydrogens (tertiary/aromatic N) is 2. The van der Waals surface area contributed by atoms with Crippen molar-refractivity contribution in [2.75, 3.05) is 44.8 Å². The molecule has 0 bridgehead atoms. The standard InChI is InChI=1S/C16H24N4O3/c1-23-11-8-18-15(21)16(22)19-12-13-5-9-20(10-6-13)14-4-2-3-7-17-14/h2-4,7,13H,5-6,8-12H2,1H3,(H,18,21)(H,19,22). The molecule has 0 radical (unpaired) electrons. The molecule has 0 saturated carbocycles. The number of carbonyl (C=O) groups is 2. The fourth-order valence-electron chi connectivity index (χ4n) is 2.57. The topological polar surface area (TPSA) is 83.6 Å². The summed E-state index contributed by atoms with van der Waals surface area (Å²) in [5, 5.41) is 5.21. The number of aromatic nitrogens is 1. The van der Waals surface area contributed by atoms with Crippen LogP contribution in [0.2, 0.25) is 0 Å². The number of amides is 2. The SMILES string of the molecule is COCCNC(=O)C(=O)NCC1CCN(c2ccccn2)CC1. The van der Waals surface area contributed by atoms with Crippen molar-refractivity contribution in [1.29, 1.82) is 0 Å². The first-order chi connectivity index (χ1) is 11.2. The number of methoxy groups -OCH3 is 1. The van der Waals surface area contributed by atoms with Crippen LogP contribution < -0.4 is 15.5 Å². The maximum atomic E-state index is 11.7. The molecule has 1 aromatic rings. The second-order valence-corrected chi connectivity index (χ2v) is 5.58. The van der Waals surface area contributed by atoms with Crippen LogP contribution in [0.1, 0.15) is 12.8 Å². The number of piperidine rings is 1. The van der Waals surface area contributed by atoms with Gasteiger partial charge in [-0.3, -0.25) is 9.59 Å². The number of ether oxygens (including phenoxy) is 1. The molecule has 0 aromatic carbocycles. The van der Waals surface area contributed by atoms with Crippen molar-refractivity contribution in [3.8, 4) is 0 Å². The van der Waals surface area contributed by atoms with Gasteiger partial charge in [-0.15, -0.1) is 0 Å². The second kappa shape index (κ2) is 9.09. The van der Waals surface area contributed by atoms with Crippen LogP contribution in [0.25, 0.3) is 0 Å². The highest BCUT2D eigenvalue weighted by atomic mass is 16.5. The van der Waals surface area contributed by atoms with Gasteiger partial charge in [-0.1, -0.05) is 6.07 Å². The van der Waals surface area contributed by atoms with Crippen LogP contribution in [0, 0.1) is 5.92 Å². The van der Waals surface area contributed by atoms with E-state index in [1.165, 1.54) is 0 Å². The Kier molecular flexibility index (Phi) is 6.80. The minimum Gasteiger partial charge on any atom is -0.383 e. The van der Waals surface area contributed by atoms with Crippen LogP contribution in [-0.4, -0.2) is 56.7 Å². The van der Waals surface area contributed by atoms with E-state index in [1.807, 2.05) is 18.2 Å². The Balaban J connectivity index is 1.66. The molecule has 1 aliphatic rings. The highest BCUT2D eigenvalue weighted by molar-refractivity contribution is 6.35. The van der Waals surface area contributed by atoms with Gasteiger partial charge in [0.25, 0.3) is 0 Å². The van der Waals surface area contributed by atoms with Crippen molar-refractivity contribution in [2.45, 2.75) is 12.8 Å². The predicted octanol–water partition coefficient (Wildman–Crippen LogP) is 0.177. The van der Waals surface area contributed by atoms with Crippen molar-refractivity contribution in [1.82, 2.24) is 15.6 Å². The first-order valence-corrected chi connectivity index (χ1v) is 7.91. The largest absolute Gasteiger partial charge is 0.383 e. The quantitative estimate of drug-likeness (QED) is 0.577. The summed E-state index contributed by atoms with van der Waals surface area (Å²) in [6, 6.07) is 5.90. The van der Waals surface area contributed by atoms with Gasteiger partial charge in [-0.25, -0.2) is 4.98 Å². The Hall–Kier alpha value is -2.15. The van der Waals surface area contributed by atoms with Crippen LogP contribution >= 0.6 is 0 Å². The van der Waals surface area contributed by atoms with E-state index in [0.29, 0.717) is 25.6 Å². The zero-order valence-electron chi connectivity index (χ0n) is 13.5. The number of hydrogen-bond donors (Lipinski definition) is 2. The molecule has 1 aromatic heterocycles. The molecule has 0 aliphatic carbocycles. The molecule has 7 heteroatoms. The van der Waals surface area contributed by atoms with Gasteiger partial charge in [-0.05, 0) is 30.9 Å². The third-order valence-corrected chi connectivity index (χ3v) is 3.94. The lowest BCUT2D eigenvalue weighted by atomic mass is 9.97. The number of pyridine rings is 1. The van der Waals surface area contributed by atoms with E-state index in [4.69, 9.17) is 4.74 Å². The predicted molar refractivity (Wildman–Crippen MR) is 87.1 cm³/mol. The number of nitrogens with one attached hydrogen (secondary N) is 2. The van der Waals surface area contributed by atoms with Gasteiger partial charge in [0.1, 0.15) is 5.82 Å². The molecule has 126 valence electrons. The van der Waals surface area contributed by atoms with Crippen LogP contribution in [0.4, 0.5) is 5.82 Å². The van der Waals surface area contributed by atoms with Crippen molar-refractivity contribution in [2.24, 2.45) is 5.92 Å². The molecular weight excluding hydrogens is 296 g/mol. The van der Waals surface area contributed by atoms with Crippen LogP contribution in [0.5, 0.6) is 0 Å². The van der Waals surface area contributed by atoms with E-state index in [1.54, 1.807) is 13.3 Å². The Bertz CT molecular complexity index is 501. The summed E-state index contributed by atoms with van der Waals surface area (Å²) in [6.07, 6.45) is 3.74. The normalized spacial score (nSPS) is 15.3. The molecule has 0 atom stereocenters. The molecule has 2 amide bonds. The van der Waals surface area contributed by atoms with Gasteiger partial charge in [0.2, 0.25) is 0 Å². The average Bonchev–Trinajstić information content (AvgIpc) is 2.61. The molecule has 0 spiro atoms. The highest BCUT2D eigenvalue weighted by Crippen LogP contribution is 2.20. The minimum atomic E-state index is -0.604. The minimum absolute atomic E-state index is 0.339. The molecule has 1 fully saturated rings. The average molecular weight is 320 g/mol.